The molecular weight excluding hydrogens is 532 g/mol. The number of ether oxygens (including phenoxy) is 2. The van der Waals surface area contributed by atoms with Gasteiger partial charge in [-0.2, -0.15) is 0 Å². The number of methoxy groups -OCH3 is 1. The van der Waals surface area contributed by atoms with Gasteiger partial charge in [-0.05, 0) is 91.8 Å². The molecule has 1 aliphatic carbocycles. The van der Waals surface area contributed by atoms with Gasteiger partial charge in [0, 0.05) is 18.2 Å². The highest BCUT2D eigenvalue weighted by Gasteiger charge is 2.23. The summed E-state index contributed by atoms with van der Waals surface area (Å²) < 4.78 is 51.2. The molecule has 8 heteroatoms. The Morgan fingerprint density at radius 1 is 0.800 bits per heavy atom. The first kappa shape index (κ1) is 32.0. The largest absolute Gasteiger partial charge is 0.497 e. The Balaban J connectivity index is 0.000000810. The number of aryl methyl sites for hydroxylation is 1. The van der Waals surface area contributed by atoms with Gasteiger partial charge in [-0.3, -0.25) is 0 Å². The Hall–Kier alpha value is -2.52. The first-order valence-electron chi connectivity index (χ1n) is 14.1. The van der Waals surface area contributed by atoms with E-state index in [1.165, 1.54) is 68.1 Å². The van der Waals surface area contributed by atoms with E-state index in [-0.39, 0.29) is 0 Å². The van der Waals surface area contributed by atoms with E-state index in [0.29, 0.717) is 18.4 Å². The Morgan fingerprint density at radius 3 is 2.02 bits per heavy atom. The molecule has 0 unspecified atom stereocenters. The van der Waals surface area contributed by atoms with Gasteiger partial charge in [-0.1, -0.05) is 50.5 Å². The minimum atomic E-state index is -4.94. The lowest BCUT2D eigenvalue weighted by Gasteiger charge is -2.28. The molecule has 1 aliphatic rings. The second-order valence-electron chi connectivity index (χ2n) is 10.4. The van der Waals surface area contributed by atoms with Crippen LogP contribution in [0.3, 0.4) is 0 Å². The van der Waals surface area contributed by atoms with Crippen molar-refractivity contribution in [3.8, 4) is 17.1 Å². The summed E-state index contributed by atoms with van der Waals surface area (Å²) in [6.07, 6.45) is 13.2. The van der Waals surface area contributed by atoms with Crippen molar-refractivity contribution in [2.45, 2.75) is 77.2 Å². The Morgan fingerprint density at radius 2 is 1.45 bits per heavy atom. The van der Waals surface area contributed by atoms with E-state index in [1.807, 2.05) is 18.4 Å². The van der Waals surface area contributed by atoms with E-state index < -0.39 is 10.2 Å². The number of hydrogen-bond donors (Lipinski definition) is 0. The van der Waals surface area contributed by atoms with E-state index in [2.05, 4.69) is 55.5 Å². The average Bonchev–Trinajstić information content (AvgIpc) is 2.96. The second-order valence-corrected chi connectivity index (χ2v) is 11.2. The van der Waals surface area contributed by atoms with Crippen LogP contribution in [0.25, 0.3) is 11.3 Å². The molecule has 0 N–H and O–H groups in total. The summed E-state index contributed by atoms with van der Waals surface area (Å²) in [4.78, 5) is 0. The molecule has 1 heterocycles. The lowest BCUT2D eigenvalue weighted by Crippen LogP contribution is -2.68. The smallest absolute Gasteiger partial charge is 0.359 e. The van der Waals surface area contributed by atoms with Gasteiger partial charge in [-0.15, -0.1) is 10.2 Å². The predicted molar refractivity (Wildman–Crippen MR) is 144 cm³/mol. The van der Waals surface area contributed by atoms with Gasteiger partial charge >= 0.3 is 12.0 Å². The summed E-state index contributed by atoms with van der Waals surface area (Å²) in [6.45, 7) is 3.78. The topological polar surface area (TPSA) is 122 Å². The molecule has 3 aromatic rings. The zero-order chi connectivity index (χ0) is 28.8. The van der Waals surface area contributed by atoms with Crippen LogP contribution in [0.2, 0.25) is 0 Å². The minimum absolute atomic E-state index is 0.657. The lowest BCUT2D eigenvalue weighted by atomic mass is 9.79. The minimum Gasteiger partial charge on any atom is -0.497 e. The highest BCUT2D eigenvalue weighted by Crippen LogP contribution is 2.36. The van der Waals surface area contributed by atoms with Gasteiger partial charge < -0.3 is 9.47 Å². The lowest BCUT2D eigenvalue weighted by molar-refractivity contribution is -2.00. The fourth-order valence-electron chi connectivity index (χ4n) is 5.11. The SMILES string of the molecule is CCCCCCc1ccc(-c2ccc(C3CCC(COCc4ccc(OC)cc4)CC3)cc2)[o+]c1.[O-][Cl+3]([O-])([O-])[O-]. The van der Waals surface area contributed by atoms with Crippen LogP contribution in [-0.4, -0.2) is 13.7 Å². The summed E-state index contributed by atoms with van der Waals surface area (Å²) in [5, 5.41) is 0. The molecule has 0 aliphatic heterocycles. The summed E-state index contributed by atoms with van der Waals surface area (Å²) >= 11 is 0. The fraction of sp³-hybridized carbons (Fsp3) is 0.469. The van der Waals surface area contributed by atoms with Gasteiger partial charge in [0.1, 0.15) is 5.75 Å². The van der Waals surface area contributed by atoms with Crippen molar-refractivity contribution in [3.63, 3.8) is 0 Å². The molecule has 218 valence electrons. The Labute approximate surface area is 240 Å². The van der Waals surface area contributed by atoms with Crippen molar-refractivity contribution in [3.05, 3.63) is 83.6 Å². The van der Waals surface area contributed by atoms with Crippen molar-refractivity contribution in [1.29, 1.82) is 0 Å². The molecule has 0 bridgehead atoms. The van der Waals surface area contributed by atoms with Gasteiger partial charge in [0.25, 0.3) is 0 Å². The van der Waals surface area contributed by atoms with Crippen molar-refractivity contribution in [2.75, 3.05) is 13.7 Å². The molecule has 0 radical (unpaired) electrons. The number of rotatable bonds is 12. The zero-order valence-corrected chi connectivity index (χ0v) is 24.3. The van der Waals surface area contributed by atoms with Crippen LogP contribution in [-0.2, 0) is 17.8 Å². The average molecular weight is 573 g/mol. The first-order chi connectivity index (χ1) is 19.2. The molecule has 0 spiro atoms. The van der Waals surface area contributed by atoms with Gasteiger partial charge in [-0.25, -0.2) is 23.1 Å². The molecule has 0 amide bonds. The monoisotopic (exact) mass is 572 g/mol. The third kappa shape index (κ3) is 11.9. The molecule has 1 aromatic heterocycles. The molecular formula is C32H41ClO7. The molecule has 4 rings (SSSR count). The predicted octanol–water partition coefficient (Wildman–Crippen LogP) is 4.09. The fourth-order valence-corrected chi connectivity index (χ4v) is 5.11. The maximum atomic E-state index is 8.49. The van der Waals surface area contributed by atoms with Crippen LogP contribution in [0.4, 0.5) is 0 Å². The van der Waals surface area contributed by atoms with Crippen molar-refractivity contribution >= 4 is 0 Å². The van der Waals surface area contributed by atoms with Crippen LogP contribution in [0.15, 0.2) is 71.3 Å². The zero-order valence-electron chi connectivity index (χ0n) is 23.5. The summed E-state index contributed by atoms with van der Waals surface area (Å²) in [5.74, 6) is 3.17. The van der Waals surface area contributed by atoms with Gasteiger partial charge in [0.2, 0.25) is 0 Å². The second kappa shape index (κ2) is 16.7. The first-order valence-corrected chi connectivity index (χ1v) is 15.3. The van der Waals surface area contributed by atoms with E-state index in [0.717, 1.165) is 30.1 Å². The van der Waals surface area contributed by atoms with Crippen LogP contribution in [0, 0.1) is 16.2 Å². The molecule has 2 aromatic carbocycles. The van der Waals surface area contributed by atoms with E-state index >= 15 is 0 Å². The molecule has 40 heavy (non-hydrogen) atoms. The van der Waals surface area contributed by atoms with E-state index in [4.69, 9.17) is 32.5 Å². The van der Waals surface area contributed by atoms with Crippen molar-refractivity contribution in [1.82, 2.24) is 0 Å². The van der Waals surface area contributed by atoms with Crippen LogP contribution in [0.1, 0.15) is 80.9 Å². The highest BCUT2D eigenvalue weighted by atomic mass is 35.7. The maximum absolute atomic E-state index is 8.49. The summed E-state index contributed by atoms with van der Waals surface area (Å²) in [5.41, 5.74) is 5.12. The third-order valence-electron chi connectivity index (χ3n) is 7.40. The van der Waals surface area contributed by atoms with Gasteiger partial charge in [0.05, 0.1) is 19.3 Å². The highest BCUT2D eigenvalue weighted by molar-refractivity contribution is 5.57. The summed E-state index contributed by atoms with van der Waals surface area (Å²) in [6, 6.07) is 21.5. The normalized spacial score (nSPS) is 17.1. The number of benzene rings is 2. The quantitative estimate of drug-likeness (QED) is 0.236. The van der Waals surface area contributed by atoms with Gasteiger partial charge in [0.15, 0.2) is 0 Å². The van der Waals surface area contributed by atoms with Crippen LogP contribution < -0.4 is 23.4 Å². The maximum Gasteiger partial charge on any atom is 0.359 e. The van der Waals surface area contributed by atoms with Crippen molar-refractivity contribution in [2.24, 2.45) is 5.92 Å². The molecule has 0 saturated heterocycles. The Bertz CT molecular complexity index is 1080. The molecule has 1 fully saturated rings. The summed E-state index contributed by atoms with van der Waals surface area (Å²) in [7, 11) is -3.25. The number of halogens is 1. The Kier molecular flexibility index (Phi) is 13.3. The molecule has 0 atom stereocenters. The number of unbranched alkanes of at least 4 members (excludes halogenated alkanes) is 3. The van der Waals surface area contributed by atoms with E-state index in [1.54, 1.807) is 7.11 Å². The standard InChI is InChI=1S/C32H41O3.ClHO4/c1-3-4-5-6-7-25-12-21-32(35-24-25)30-17-15-29(16-18-30)28-13-8-26(9-14-28)22-34-23-27-10-19-31(33-2)20-11-27;2-1(3,4)5/h10-12,15-21,24,26,28H,3-9,13-14,22-23H2,1-2H3;(H,2,3,4,5)/q+1;/p-1. The van der Waals surface area contributed by atoms with Crippen LogP contribution in [0.5, 0.6) is 5.75 Å². The third-order valence-corrected chi connectivity index (χ3v) is 7.40. The van der Waals surface area contributed by atoms with E-state index in [9.17, 15) is 0 Å². The van der Waals surface area contributed by atoms with Crippen molar-refractivity contribution < 1.29 is 42.8 Å². The number of hydrogen-bond acceptors (Lipinski definition) is 6. The molecule has 7 nitrogen and oxygen atoms in total. The van der Waals surface area contributed by atoms with Crippen LogP contribution >= 0.6 is 0 Å². The molecule has 1 saturated carbocycles.